The van der Waals surface area contributed by atoms with Gasteiger partial charge in [-0.1, -0.05) is 0 Å². The van der Waals surface area contributed by atoms with E-state index in [0.717, 1.165) is 48.5 Å². The maximum atomic E-state index is 11.6. The first-order valence-electron chi connectivity index (χ1n) is 9.10. The van der Waals surface area contributed by atoms with Gasteiger partial charge in [-0.05, 0) is 32.3 Å². The molecule has 0 unspecified atom stereocenters. The average Bonchev–Trinajstić information content (AvgIpc) is 3.24. The number of rotatable bonds is 5. The number of aryl methyl sites for hydroxylation is 1. The van der Waals surface area contributed by atoms with Crippen LogP contribution in [0.1, 0.15) is 30.3 Å². The second kappa shape index (κ2) is 7.70. The molecule has 0 radical (unpaired) electrons. The van der Waals surface area contributed by atoms with Crippen molar-refractivity contribution in [1.29, 1.82) is 0 Å². The maximum absolute atomic E-state index is 11.6. The van der Waals surface area contributed by atoms with E-state index in [4.69, 9.17) is 9.84 Å². The summed E-state index contributed by atoms with van der Waals surface area (Å²) in [4.78, 5) is 36.0. The molecule has 0 bridgehead atoms. The van der Waals surface area contributed by atoms with E-state index in [1.807, 2.05) is 17.5 Å². The third-order valence-electron chi connectivity index (χ3n) is 4.66. The molecule has 1 aliphatic carbocycles. The van der Waals surface area contributed by atoms with Gasteiger partial charge in [0.15, 0.2) is 0 Å². The summed E-state index contributed by atoms with van der Waals surface area (Å²) in [7, 11) is 0. The van der Waals surface area contributed by atoms with Crippen LogP contribution < -0.4 is 4.74 Å². The number of ether oxygens (including phenoxy) is 1. The molecule has 0 spiro atoms. The van der Waals surface area contributed by atoms with Crippen LogP contribution in [-0.2, 0) is 22.4 Å². The Morgan fingerprint density at radius 2 is 2.10 bits per heavy atom. The molecule has 0 saturated heterocycles. The quantitative estimate of drug-likeness (QED) is 0.762. The molecule has 1 aliphatic heterocycles. The van der Waals surface area contributed by atoms with Gasteiger partial charge in [0.05, 0.1) is 17.9 Å². The molecule has 2 N–H and O–H groups in total. The Kier molecular flexibility index (Phi) is 5.10. The van der Waals surface area contributed by atoms with Crippen molar-refractivity contribution in [3.63, 3.8) is 0 Å². The third-order valence-corrected chi connectivity index (χ3v) is 5.73. The van der Waals surface area contributed by atoms with Crippen LogP contribution in [0.2, 0.25) is 0 Å². The predicted molar refractivity (Wildman–Crippen MR) is 107 cm³/mol. The number of fused-ring (bicyclic) bond motifs is 3. The molecule has 2 aliphatic rings. The van der Waals surface area contributed by atoms with Gasteiger partial charge in [0.1, 0.15) is 5.71 Å². The van der Waals surface area contributed by atoms with Gasteiger partial charge in [-0.25, -0.2) is 14.6 Å². The first-order chi connectivity index (χ1) is 14.0. The van der Waals surface area contributed by atoms with E-state index in [2.05, 4.69) is 15.0 Å². The lowest BCUT2D eigenvalue weighted by atomic mass is 10.2. The Morgan fingerprint density at radius 1 is 1.28 bits per heavy atom. The Labute approximate surface area is 169 Å². The molecule has 150 valence electrons. The minimum absolute atomic E-state index is 0.0595. The van der Waals surface area contributed by atoms with Crippen molar-refractivity contribution in [1.82, 2.24) is 14.4 Å². The van der Waals surface area contributed by atoms with Gasteiger partial charge in [-0.15, -0.1) is 11.8 Å². The smallest absolute Gasteiger partial charge is 0.351 e. The van der Waals surface area contributed by atoms with Gasteiger partial charge in [0.2, 0.25) is 11.7 Å². The lowest BCUT2D eigenvalue weighted by Gasteiger charge is -2.09. The van der Waals surface area contributed by atoms with Gasteiger partial charge >= 0.3 is 11.9 Å². The fraction of sp³-hybridized carbons (Fsp3) is 0.316. The number of aliphatic carboxylic acids is 2. The van der Waals surface area contributed by atoms with E-state index in [-0.39, 0.29) is 17.0 Å². The number of aromatic nitrogens is 3. The van der Waals surface area contributed by atoms with Crippen molar-refractivity contribution >= 4 is 41.3 Å². The highest BCUT2D eigenvalue weighted by molar-refractivity contribution is 8.04. The Bertz CT molecular complexity index is 1120. The molecule has 29 heavy (non-hydrogen) atoms. The first kappa shape index (κ1) is 19.2. The van der Waals surface area contributed by atoms with Crippen LogP contribution in [-0.4, -0.2) is 54.6 Å². The average molecular weight is 414 g/mol. The minimum Gasteiger partial charge on any atom is -0.478 e. The number of nitrogens with zero attached hydrogens (tertiary/aromatic N) is 4. The highest BCUT2D eigenvalue weighted by Crippen LogP contribution is 2.32. The first-order valence-corrected chi connectivity index (χ1v) is 10.1. The van der Waals surface area contributed by atoms with Crippen LogP contribution >= 0.6 is 11.8 Å². The van der Waals surface area contributed by atoms with Crippen molar-refractivity contribution in [2.24, 2.45) is 4.99 Å². The molecule has 10 heteroatoms. The lowest BCUT2D eigenvalue weighted by molar-refractivity contribution is -0.132. The van der Waals surface area contributed by atoms with Crippen LogP contribution in [0.5, 0.6) is 5.88 Å². The lowest BCUT2D eigenvalue weighted by Crippen LogP contribution is -2.14. The maximum Gasteiger partial charge on any atom is 0.351 e. The largest absolute Gasteiger partial charge is 0.478 e. The summed E-state index contributed by atoms with van der Waals surface area (Å²) in [6.45, 7) is 2.42. The van der Waals surface area contributed by atoms with Crippen LogP contribution in [0.4, 0.5) is 0 Å². The summed E-state index contributed by atoms with van der Waals surface area (Å²) < 4.78 is 7.59. The van der Waals surface area contributed by atoms with Crippen molar-refractivity contribution in [2.75, 3.05) is 12.4 Å². The normalized spacial score (nSPS) is 17.6. The summed E-state index contributed by atoms with van der Waals surface area (Å²) in [5.74, 6) is -1.20. The number of carbonyl (C=O) groups is 2. The van der Waals surface area contributed by atoms with E-state index in [9.17, 15) is 14.7 Å². The van der Waals surface area contributed by atoms with E-state index >= 15 is 0 Å². The third kappa shape index (κ3) is 3.63. The molecular formula is C19H18N4O5S. The van der Waals surface area contributed by atoms with Gasteiger partial charge < -0.3 is 14.9 Å². The van der Waals surface area contributed by atoms with Gasteiger partial charge in [0, 0.05) is 34.3 Å². The van der Waals surface area contributed by atoms with Crippen LogP contribution in [0.3, 0.4) is 0 Å². The van der Waals surface area contributed by atoms with Crippen molar-refractivity contribution in [2.45, 2.75) is 26.2 Å². The molecular weight excluding hydrogens is 396 g/mol. The fourth-order valence-corrected chi connectivity index (χ4v) is 4.36. The zero-order valence-corrected chi connectivity index (χ0v) is 16.4. The highest BCUT2D eigenvalue weighted by atomic mass is 32.2. The van der Waals surface area contributed by atoms with Gasteiger partial charge in [0.25, 0.3) is 0 Å². The number of hydrogen-bond donors (Lipinski definition) is 2. The molecule has 0 saturated carbocycles. The summed E-state index contributed by atoms with van der Waals surface area (Å²) in [5.41, 5.74) is 2.55. The van der Waals surface area contributed by atoms with E-state index < -0.39 is 11.9 Å². The van der Waals surface area contributed by atoms with Crippen molar-refractivity contribution < 1.29 is 24.5 Å². The molecule has 0 aromatic carbocycles. The minimum atomic E-state index is -1.18. The van der Waals surface area contributed by atoms with Gasteiger partial charge in [-0.2, -0.15) is 4.98 Å². The summed E-state index contributed by atoms with van der Waals surface area (Å²) in [6.07, 6.45) is 7.34. The number of thioether (sulfide) groups is 1. The molecule has 2 aromatic heterocycles. The topological polar surface area (TPSA) is 126 Å². The second-order valence-corrected chi connectivity index (χ2v) is 7.51. The summed E-state index contributed by atoms with van der Waals surface area (Å²) in [6, 6.07) is 0. The Morgan fingerprint density at radius 3 is 2.83 bits per heavy atom. The SMILES string of the molecule is CCOc1nc2nc(C=C3SCC(C(=O)O)=NC=C3C(=O)O)cn2c2c1CCC2. The molecule has 2 aromatic rings. The fourth-order valence-electron chi connectivity index (χ4n) is 3.37. The number of carboxylic acids is 2. The standard InChI is InChI=1S/C19H18N4O5S/c1-2-28-16-11-4-3-5-14(11)23-8-10(21-19(23)22-16)6-15-12(17(24)25)7-20-13(9-29-15)18(26)27/h6-8H,2-5,9H2,1H3,(H,24,25)(H,26,27). The monoisotopic (exact) mass is 414 g/mol. The van der Waals surface area contributed by atoms with E-state index in [0.29, 0.717) is 28.9 Å². The highest BCUT2D eigenvalue weighted by Gasteiger charge is 2.24. The van der Waals surface area contributed by atoms with Crippen LogP contribution in [0, 0.1) is 0 Å². The van der Waals surface area contributed by atoms with Crippen molar-refractivity contribution in [3.8, 4) is 5.88 Å². The van der Waals surface area contributed by atoms with Crippen LogP contribution in [0.15, 0.2) is 27.9 Å². The zero-order valence-electron chi connectivity index (χ0n) is 15.6. The van der Waals surface area contributed by atoms with Crippen LogP contribution in [0.25, 0.3) is 11.9 Å². The molecule has 0 fully saturated rings. The van der Waals surface area contributed by atoms with Gasteiger partial charge in [-0.3, -0.25) is 9.39 Å². The summed E-state index contributed by atoms with van der Waals surface area (Å²) >= 11 is 1.10. The number of imidazole rings is 1. The predicted octanol–water partition coefficient (Wildman–Crippen LogP) is 2.20. The molecule has 9 nitrogen and oxygen atoms in total. The summed E-state index contributed by atoms with van der Waals surface area (Å²) in [5, 5.41) is 18.6. The Balaban J connectivity index is 1.76. The van der Waals surface area contributed by atoms with Crippen molar-refractivity contribution in [3.05, 3.63) is 39.8 Å². The zero-order chi connectivity index (χ0) is 20.5. The number of carboxylic acid groups (broad SMARTS) is 2. The Hall–Kier alpha value is -3.14. The molecule has 0 atom stereocenters. The number of aliphatic imine (C=N–C) groups is 1. The molecule has 4 rings (SSSR count). The van der Waals surface area contributed by atoms with E-state index in [1.54, 1.807) is 6.08 Å². The second-order valence-electron chi connectivity index (χ2n) is 6.49. The van der Waals surface area contributed by atoms with E-state index in [1.165, 1.54) is 0 Å². The number of hydrogen-bond acceptors (Lipinski definition) is 7. The molecule has 3 heterocycles. The molecule has 0 amide bonds.